The first kappa shape index (κ1) is 34.1. The molecule has 0 aliphatic carbocycles. The zero-order valence-electron chi connectivity index (χ0n) is 31.4. The molecule has 8 nitrogen and oxygen atoms in total. The zero-order chi connectivity index (χ0) is 39.5. The number of fused-ring (bicyclic) bond motifs is 6. The average molecular weight is 743 g/mol. The second kappa shape index (κ2) is 13.4. The van der Waals surface area contributed by atoms with E-state index in [9.17, 15) is 15.8 Å². The number of nitriles is 3. The van der Waals surface area contributed by atoms with E-state index in [1.54, 1.807) is 12.1 Å². The third kappa shape index (κ3) is 5.46. The molecule has 0 unspecified atom stereocenters. The van der Waals surface area contributed by atoms with Crippen LogP contribution in [0.15, 0.2) is 146 Å². The van der Waals surface area contributed by atoms with Crippen molar-refractivity contribution >= 4 is 43.6 Å². The van der Waals surface area contributed by atoms with Crippen molar-refractivity contribution in [2.75, 3.05) is 0 Å². The van der Waals surface area contributed by atoms with Crippen molar-refractivity contribution in [3.63, 3.8) is 0 Å². The Morgan fingerprint density at radius 1 is 0.397 bits per heavy atom. The quantitative estimate of drug-likeness (QED) is 0.173. The fraction of sp³-hybridized carbons (Fsp3) is 0.0400. The first-order valence-corrected chi connectivity index (χ1v) is 18.8. The maximum absolute atomic E-state index is 10.8. The Balaban J connectivity index is 1.36. The van der Waals surface area contributed by atoms with Crippen molar-refractivity contribution in [3.05, 3.63) is 174 Å². The third-order valence-electron chi connectivity index (χ3n) is 10.8. The second-order valence-electron chi connectivity index (χ2n) is 14.3. The highest BCUT2D eigenvalue weighted by atomic mass is 15.1. The molecule has 0 N–H and O–H groups in total. The number of benzene rings is 7. The van der Waals surface area contributed by atoms with Gasteiger partial charge in [0.25, 0.3) is 0 Å². The van der Waals surface area contributed by atoms with Gasteiger partial charge in [0, 0.05) is 21.5 Å². The lowest BCUT2D eigenvalue weighted by Gasteiger charge is -2.20. The molecule has 0 saturated heterocycles. The summed E-state index contributed by atoms with van der Waals surface area (Å²) < 4.78 is 4.42. The Morgan fingerprint density at radius 3 is 1.29 bits per heavy atom. The van der Waals surface area contributed by atoms with Crippen molar-refractivity contribution in [1.82, 2.24) is 24.1 Å². The molecule has 7 aromatic carbocycles. The SMILES string of the molecule is Cc1nc(C)nc(-c2c(-n3c4ccccc4c4ccc(-c5cccc(C#N)c5)cc43)cc(C#N)cc2-n2c3ccccc3c3ccc(-c4cccc(C#N)c4)cc32)n1. The maximum Gasteiger partial charge on any atom is 0.167 e. The van der Waals surface area contributed by atoms with Gasteiger partial charge in [0.05, 0.1) is 73.9 Å². The van der Waals surface area contributed by atoms with E-state index in [2.05, 4.69) is 93.0 Å². The van der Waals surface area contributed by atoms with Crippen molar-refractivity contribution in [2.24, 2.45) is 0 Å². The van der Waals surface area contributed by atoms with Gasteiger partial charge >= 0.3 is 0 Å². The molecule has 3 heterocycles. The Kier molecular flexibility index (Phi) is 7.90. The molecule has 0 saturated carbocycles. The molecule has 0 fully saturated rings. The molecule has 270 valence electrons. The smallest absolute Gasteiger partial charge is 0.167 e. The predicted octanol–water partition coefficient (Wildman–Crippen LogP) is 11.3. The summed E-state index contributed by atoms with van der Waals surface area (Å²) in [5.41, 5.74) is 11.3. The number of aryl methyl sites for hydroxylation is 2. The number of nitrogens with zero attached hydrogens (tertiary/aromatic N) is 8. The molecular weight excluding hydrogens is 713 g/mol. The highest BCUT2D eigenvalue weighted by Crippen LogP contribution is 2.43. The number of aromatic nitrogens is 5. The molecule has 0 aliphatic heterocycles. The molecular formula is C50H30N8. The van der Waals surface area contributed by atoms with Gasteiger partial charge in [-0.05, 0) is 96.8 Å². The second-order valence-corrected chi connectivity index (χ2v) is 14.3. The standard InChI is InChI=1S/C50H30N8/c1-30-54-31(2)56-50(55-30)49-47(57-43-15-5-3-13-39(43)41-19-17-37(25-45(41)57)35-11-7-9-32(21-35)27-51)23-34(29-53)24-48(49)58-44-16-6-4-14-40(44)42-20-18-38(26-46(42)58)36-12-8-10-33(22-36)28-52/h3-26H,1-2H3. The van der Waals surface area contributed by atoms with E-state index in [4.69, 9.17) is 9.97 Å². The topological polar surface area (TPSA) is 120 Å². The fourth-order valence-corrected chi connectivity index (χ4v) is 8.34. The molecule has 0 radical (unpaired) electrons. The maximum atomic E-state index is 10.8. The first-order valence-electron chi connectivity index (χ1n) is 18.8. The van der Waals surface area contributed by atoms with Gasteiger partial charge < -0.3 is 9.13 Å². The van der Waals surface area contributed by atoms with Crippen LogP contribution in [0.25, 0.3) is 88.6 Å². The summed E-state index contributed by atoms with van der Waals surface area (Å²) >= 11 is 0. The minimum absolute atomic E-state index is 0.462. The summed E-state index contributed by atoms with van der Waals surface area (Å²) in [7, 11) is 0. The van der Waals surface area contributed by atoms with Gasteiger partial charge in [-0.15, -0.1) is 0 Å². The van der Waals surface area contributed by atoms with E-state index in [0.29, 0.717) is 34.2 Å². The van der Waals surface area contributed by atoms with Gasteiger partial charge in [0.15, 0.2) is 5.82 Å². The largest absolute Gasteiger partial charge is 0.308 e. The van der Waals surface area contributed by atoms with Gasteiger partial charge in [-0.3, -0.25) is 0 Å². The molecule has 10 rings (SSSR count). The van der Waals surface area contributed by atoms with Gasteiger partial charge in [0.1, 0.15) is 11.6 Å². The van der Waals surface area contributed by atoms with Crippen LogP contribution in [-0.4, -0.2) is 24.1 Å². The van der Waals surface area contributed by atoms with Crippen LogP contribution in [0.2, 0.25) is 0 Å². The van der Waals surface area contributed by atoms with E-state index in [-0.39, 0.29) is 0 Å². The number of hydrogen-bond acceptors (Lipinski definition) is 6. The highest BCUT2D eigenvalue weighted by molar-refractivity contribution is 6.13. The van der Waals surface area contributed by atoms with E-state index in [0.717, 1.165) is 82.8 Å². The van der Waals surface area contributed by atoms with Crippen molar-refractivity contribution < 1.29 is 0 Å². The Labute approximate surface area is 333 Å². The van der Waals surface area contributed by atoms with Crippen molar-refractivity contribution in [3.8, 4) is 63.2 Å². The molecule has 3 aromatic heterocycles. The molecule has 8 heteroatoms. The molecule has 0 bridgehead atoms. The van der Waals surface area contributed by atoms with Gasteiger partial charge in [-0.2, -0.15) is 15.8 Å². The van der Waals surface area contributed by atoms with E-state index in [1.165, 1.54) is 0 Å². The normalized spacial score (nSPS) is 11.2. The number of hydrogen-bond donors (Lipinski definition) is 0. The van der Waals surface area contributed by atoms with Crippen LogP contribution in [-0.2, 0) is 0 Å². The molecule has 0 amide bonds. The number of rotatable bonds is 5. The fourth-order valence-electron chi connectivity index (χ4n) is 8.34. The minimum Gasteiger partial charge on any atom is -0.308 e. The molecule has 58 heavy (non-hydrogen) atoms. The van der Waals surface area contributed by atoms with Crippen LogP contribution < -0.4 is 0 Å². The van der Waals surface area contributed by atoms with Gasteiger partial charge in [-0.25, -0.2) is 15.0 Å². The van der Waals surface area contributed by atoms with Crippen molar-refractivity contribution in [2.45, 2.75) is 13.8 Å². The van der Waals surface area contributed by atoms with Crippen LogP contribution in [0.4, 0.5) is 0 Å². The van der Waals surface area contributed by atoms with Crippen LogP contribution in [0.5, 0.6) is 0 Å². The molecule has 0 spiro atoms. The lowest BCUT2D eigenvalue weighted by molar-refractivity contribution is 0.924. The Morgan fingerprint density at radius 2 is 0.828 bits per heavy atom. The van der Waals surface area contributed by atoms with E-state index >= 15 is 0 Å². The summed E-state index contributed by atoms with van der Waals surface area (Å²) in [5.74, 6) is 1.63. The van der Waals surface area contributed by atoms with Crippen LogP contribution in [0, 0.1) is 47.8 Å². The Hall–Kier alpha value is -8.38. The number of para-hydroxylation sites is 2. The minimum atomic E-state index is 0.462. The average Bonchev–Trinajstić information content (AvgIpc) is 3.77. The van der Waals surface area contributed by atoms with Crippen LogP contribution >= 0.6 is 0 Å². The summed E-state index contributed by atoms with van der Waals surface area (Å²) in [5, 5.41) is 34.4. The predicted molar refractivity (Wildman–Crippen MR) is 228 cm³/mol. The third-order valence-corrected chi connectivity index (χ3v) is 10.8. The lowest BCUT2D eigenvalue weighted by Crippen LogP contribution is -2.08. The van der Waals surface area contributed by atoms with Crippen LogP contribution in [0.3, 0.4) is 0 Å². The van der Waals surface area contributed by atoms with Gasteiger partial charge in [0.2, 0.25) is 0 Å². The van der Waals surface area contributed by atoms with Crippen LogP contribution in [0.1, 0.15) is 28.3 Å². The van der Waals surface area contributed by atoms with E-state index < -0.39 is 0 Å². The molecule has 10 aromatic rings. The summed E-state index contributed by atoms with van der Waals surface area (Å²) in [6, 6.07) is 55.4. The highest BCUT2D eigenvalue weighted by Gasteiger charge is 2.25. The van der Waals surface area contributed by atoms with Gasteiger partial charge in [-0.1, -0.05) is 84.9 Å². The first-order chi connectivity index (χ1) is 28.4. The summed E-state index contributed by atoms with van der Waals surface area (Å²) in [6.45, 7) is 3.73. The molecule has 0 aliphatic rings. The summed E-state index contributed by atoms with van der Waals surface area (Å²) in [6.07, 6.45) is 0. The van der Waals surface area contributed by atoms with E-state index in [1.807, 2.05) is 86.6 Å². The Bertz CT molecular complexity index is 3260. The monoisotopic (exact) mass is 742 g/mol. The van der Waals surface area contributed by atoms with Crippen molar-refractivity contribution in [1.29, 1.82) is 15.8 Å². The molecule has 0 atom stereocenters. The summed E-state index contributed by atoms with van der Waals surface area (Å²) in [4.78, 5) is 14.6. The zero-order valence-corrected chi connectivity index (χ0v) is 31.4. The lowest BCUT2D eigenvalue weighted by atomic mass is 10.0.